The molecule has 4 rings (SSSR count). The number of nitrogen functional groups attached to an aromatic ring is 1. The summed E-state index contributed by atoms with van der Waals surface area (Å²) in [6.45, 7) is 1.59. The van der Waals surface area contributed by atoms with E-state index < -0.39 is 36.6 Å². The number of aromatic nitrogens is 4. The van der Waals surface area contributed by atoms with E-state index in [1.807, 2.05) is 0 Å². The van der Waals surface area contributed by atoms with Crippen molar-refractivity contribution in [2.45, 2.75) is 56.3 Å². The van der Waals surface area contributed by atoms with Crippen molar-refractivity contribution in [3.8, 4) is 0 Å². The second-order valence-electron chi connectivity index (χ2n) is 8.42. The summed E-state index contributed by atoms with van der Waals surface area (Å²) in [5.41, 5.74) is 12.3. The molecule has 0 radical (unpaired) electrons. The maximum atomic E-state index is 11.1. The first-order valence-electron chi connectivity index (χ1n) is 10.5. The Morgan fingerprint density at radius 1 is 1.26 bits per heavy atom. The normalized spacial score (nSPS) is 27.6. The van der Waals surface area contributed by atoms with Crippen LogP contribution in [0.2, 0.25) is 0 Å². The molecule has 0 bridgehead atoms. The number of aliphatic carboxylic acids is 1. The average molecular weight is 435 g/mol. The summed E-state index contributed by atoms with van der Waals surface area (Å²) in [6.07, 6.45) is 2.63. The molecule has 12 heteroatoms. The second kappa shape index (κ2) is 9.01. The van der Waals surface area contributed by atoms with Crippen molar-refractivity contribution in [1.82, 2.24) is 24.4 Å². The molecule has 170 valence electrons. The maximum absolute atomic E-state index is 11.1. The van der Waals surface area contributed by atoms with Crippen LogP contribution in [-0.2, 0) is 9.53 Å². The Hall–Kier alpha value is -2.38. The van der Waals surface area contributed by atoms with Crippen molar-refractivity contribution in [3.05, 3.63) is 12.7 Å². The molecule has 1 saturated carbocycles. The molecule has 2 aromatic rings. The first-order valence-corrected chi connectivity index (χ1v) is 10.5. The SMILES string of the molecule is Nc1ncnc2c1ncn2[C@@H]1O[C@H](CN(CC[C@H](N)C(=O)O)CC2CCC2)[C@@H](O)[C@H]1O. The number of fused-ring (bicyclic) bond motifs is 1. The average Bonchev–Trinajstić information content (AvgIpc) is 3.25. The van der Waals surface area contributed by atoms with Crippen molar-refractivity contribution in [3.63, 3.8) is 0 Å². The van der Waals surface area contributed by atoms with Gasteiger partial charge in [0.1, 0.15) is 36.2 Å². The molecule has 2 aromatic heterocycles. The van der Waals surface area contributed by atoms with Crippen molar-refractivity contribution in [2.75, 3.05) is 25.4 Å². The number of imidazole rings is 1. The van der Waals surface area contributed by atoms with Gasteiger partial charge in [0.05, 0.1) is 6.33 Å². The number of rotatable bonds is 9. The fraction of sp³-hybridized carbons (Fsp3) is 0.684. The Kier molecular flexibility index (Phi) is 6.34. The van der Waals surface area contributed by atoms with Crippen LogP contribution in [0.15, 0.2) is 12.7 Å². The van der Waals surface area contributed by atoms with Crippen LogP contribution in [0, 0.1) is 5.92 Å². The molecule has 0 aromatic carbocycles. The zero-order valence-corrected chi connectivity index (χ0v) is 17.1. The van der Waals surface area contributed by atoms with Gasteiger partial charge in [0, 0.05) is 19.6 Å². The third-order valence-corrected chi connectivity index (χ3v) is 6.25. The van der Waals surface area contributed by atoms with E-state index >= 15 is 0 Å². The Morgan fingerprint density at radius 2 is 2.03 bits per heavy atom. The molecular formula is C19H29N7O5. The van der Waals surface area contributed by atoms with Gasteiger partial charge in [-0.05, 0) is 25.2 Å². The van der Waals surface area contributed by atoms with Gasteiger partial charge in [0.15, 0.2) is 17.7 Å². The first kappa shape index (κ1) is 21.8. The van der Waals surface area contributed by atoms with E-state index in [4.69, 9.17) is 21.3 Å². The molecule has 12 nitrogen and oxygen atoms in total. The van der Waals surface area contributed by atoms with E-state index in [2.05, 4.69) is 19.9 Å². The van der Waals surface area contributed by atoms with Crippen LogP contribution < -0.4 is 11.5 Å². The third kappa shape index (κ3) is 4.48. The topological polar surface area (TPSA) is 186 Å². The van der Waals surface area contributed by atoms with Crippen molar-refractivity contribution in [1.29, 1.82) is 0 Å². The molecular weight excluding hydrogens is 406 g/mol. The van der Waals surface area contributed by atoms with E-state index in [0.717, 1.165) is 19.4 Å². The van der Waals surface area contributed by atoms with Gasteiger partial charge >= 0.3 is 5.97 Å². The van der Waals surface area contributed by atoms with Gasteiger partial charge in [-0.3, -0.25) is 9.36 Å². The number of aliphatic hydroxyl groups is 2. The lowest BCUT2D eigenvalue weighted by Gasteiger charge is -2.34. The molecule has 0 unspecified atom stereocenters. The summed E-state index contributed by atoms with van der Waals surface area (Å²) in [5.74, 6) is -0.281. The maximum Gasteiger partial charge on any atom is 0.320 e. The molecule has 1 aliphatic carbocycles. The molecule has 0 amide bonds. The highest BCUT2D eigenvalue weighted by Crippen LogP contribution is 2.33. The van der Waals surface area contributed by atoms with E-state index in [1.165, 1.54) is 23.6 Å². The smallest absolute Gasteiger partial charge is 0.320 e. The van der Waals surface area contributed by atoms with Crippen molar-refractivity contribution in [2.24, 2.45) is 11.7 Å². The molecule has 7 N–H and O–H groups in total. The van der Waals surface area contributed by atoms with Crippen LogP contribution in [0.25, 0.3) is 11.2 Å². The van der Waals surface area contributed by atoms with Gasteiger partial charge in [0.25, 0.3) is 0 Å². The monoisotopic (exact) mass is 435 g/mol. The molecule has 1 aliphatic heterocycles. The molecule has 5 atom stereocenters. The van der Waals surface area contributed by atoms with Crippen molar-refractivity contribution < 1.29 is 24.9 Å². The number of ether oxygens (including phenoxy) is 1. The summed E-state index contributed by atoms with van der Waals surface area (Å²) < 4.78 is 7.57. The van der Waals surface area contributed by atoms with Gasteiger partial charge in [-0.25, -0.2) is 15.0 Å². The molecule has 0 spiro atoms. The minimum atomic E-state index is -1.19. The number of nitrogens with zero attached hydrogens (tertiary/aromatic N) is 5. The van der Waals surface area contributed by atoms with Gasteiger partial charge in [-0.2, -0.15) is 0 Å². The fourth-order valence-electron chi connectivity index (χ4n) is 4.16. The van der Waals surface area contributed by atoms with Crippen LogP contribution >= 0.6 is 0 Å². The number of carboxylic acid groups (broad SMARTS) is 1. The lowest BCUT2D eigenvalue weighted by atomic mass is 9.85. The first-order chi connectivity index (χ1) is 14.8. The quantitative estimate of drug-likeness (QED) is 0.323. The fourth-order valence-corrected chi connectivity index (χ4v) is 4.16. The Bertz CT molecular complexity index is 920. The highest BCUT2D eigenvalue weighted by Gasteiger charge is 2.45. The van der Waals surface area contributed by atoms with E-state index in [-0.39, 0.29) is 5.82 Å². The van der Waals surface area contributed by atoms with E-state index in [1.54, 1.807) is 0 Å². The van der Waals surface area contributed by atoms with Gasteiger partial charge in [-0.15, -0.1) is 0 Å². The highest BCUT2D eigenvalue weighted by molar-refractivity contribution is 5.81. The highest BCUT2D eigenvalue weighted by atomic mass is 16.6. The molecule has 2 aliphatic rings. The van der Waals surface area contributed by atoms with Crippen LogP contribution in [0.4, 0.5) is 5.82 Å². The summed E-state index contributed by atoms with van der Waals surface area (Å²) in [6, 6.07) is -0.945. The number of nitrogens with two attached hydrogens (primary N) is 2. The Balaban J connectivity index is 1.47. The second-order valence-corrected chi connectivity index (χ2v) is 8.42. The number of carboxylic acids is 1. The number of hydrogen-bond acceptors (Lipinski definition) is 10. The Labute approximate surface area is 178 Å². The predicted octanol–water partition coefficient (Wildman–Crippen LogP) is -1.07. The summed E-state index contributed by atoms with van der Waals surface area (Å²) in [7, 11) is 0. The van der Waals surface area contributed by atoms with Crippen molar-refractivity contribution >= 4 is 23.0 Å². The van der Waals surface area contributed by atoms with Crippen LogP contribution in [0.3, 0.4) is 0 Å². The standard InChI is InChI=1S/C19H29N7O5/c20-11(19(29)30)4-5-25(6-10-2-1-3-10)7-12-14(27)15(28)18(31-12)26-9-24-13-16(21)22-8-23-17(13)26/h8-12,14-15,18,27-28H,1-7,20H2,(H,29,30)(H2,21,22,23)/t11-,12+,14+,15+,18+/m0/s1. The molecule has 31 heavy (non-hydrogen) atoms. The lowest BCUT2D eigenvalue weighted by molar-refractivity contribution is -0.138. The molecule has 2 fully saturated rings. The van der Waals surface area contributed by atoms with Gasteiger partial charge in [0.2, 0.25) is 0 Å². The van der Waals surface area contributed by atoms with Gasteiger partial charge < -0.3 is 36.4 Å². The zero-order valence-electron chi connectivity index (χ0n) is 17.1. The van der Waals surface area contributed by atoms with E-state index in [9.17, 15) is 15.0 Å². The summed E-state index contributed by atoms with van der Waals surface area (Å²) in [4.78, 5) is 25.4. The number of anilines is 1. The number of aliphatic hydroxyl groups excluding tert-OH is 2. The summed E-state index contributed by atoms with van der Waals surface area (Å²) in [5, 5.41) is 30.4. The molecule has 3 heterocycles. The lowest BCUT2D eigenvalue weighted by Crippen LogP contribution is -2.44. The van der Waals surface area contributed by atoms with Crippen LogP contribution in [0.5, 0.6) is 0 Å². The summed E-state index contributed by atoms with van der Waals surface area (Å²) >= 11 is 0. The third-order valence-electron chi connectivity index (χ3n) is 6.25. The molecule has 1 saturated heterocycles. The largest absolute Gasteiger partial charge is 0.480 e. The van der Waals surface area contributed by atoms with Gasteiger partial charge in [-0.1, -0.05) is 6.42 Å². The van der Waals surface area contributed by atoms with Crippen LogP contribution in [-0.4, -0.2) is 89.7 Å². The number of hydrogen-bond donors (Lipinski definition) is 5. The Morgan fingerprint density at radius 3 is 2.71 bits per heavy atom. The minimum Gasteiger partial charge on any atom is -0.480 e. The minimum absolute atomic E-state index is 0.217. The predicted molar refractivity (Wildman–Crippen MR) is 110 cm³/mol. The van der Waals surface area contributed by atoms with E-state index in [0.29, 0.717) is 36.6 Å². The number of carbonyl (C=O) groups is 1. The van der Waals surface area contributed by atoms with Crippen LogP contribution in [0.1, 0.15) is 31.9 Å². The zero-order chi connectivity index (χ0) is 22.1.